The Labute approximate surface area is 188 Å². The summed E-state index contributed by atoms with van der Waals surface area (Å²) < 4.78 is 8.08. The number of carbonyl (C=O) groups excluding carboxylic acids is 2. The fraction of sp³-hybridized carbons (Fsp3) is 0.227. The van der Waals surface area contributed by atoms with Crippen molar-refractivity contribution in [2.75, 3.05) is 23.8 Å². The Balaban J connectivity index is 1.29. The molecule has 1 saturated heterocycles. The molecule has 0 aliphatic carbocycles. The molecule has 8 nitrogen and oxygen atoms in total. The Hall–Kier alpha value is -3.17. The van der Waals surface area contributed by atoms with Gasteiger partial charge in [-0.2, -0.15) is 5.10 Å². The number of aromatic nitrogens is 2. The highest BCUT2D eigenvalue weighted by Crippen LogP contribution is 2.17. The van der Waals surface area contributed by atoms with Gasteiger partial charge in [-0.3, -0.25) is 4.79 Å². The predicted octanol–water partition coefficient (Wildman–Crippen LogP) is 4.19. The average Bonchev–Trinajstić information content (AvgIpc) is 3.45. The van der Waals surface area contributed by atoms with Crippen LogP contribution in [0.3, 0.4) is 0 Å². The number of benzene rings is 2. The second-order valence-electron chi connectivity index (χ2n) is 7.15. The molecule has 0 bridgehead atoms. The zero-order valence-corrected chi connectivity index (χ0v) is 18.3. The Morgan fingerprint density at radius 2 is 1.77 bits per heavy atom. The van der Waals surface area contributed by atoms with Gasteiger partial charge >= 0.3 is 6.03 Å². The first-order chi connectivity index (χ1) is 15.1. The first kappa shape index (κ1) is 21.1. The lowest BCUT2D eigenvalue weighted by Gasteiger charge is -2.12. The molecule has 0 radical (unpaired) electrons. The van der Waals surface area contributed by atoms with E-state index in [9.17, 15) is 9.59 Å². The number of hydrogen-bond acceptors (Lipinski definition) is 4. The van der Waals surface area contributed by atoms with Gasteiger partial charge < -0.3 is 20.7 Å². The molecule has 0 spiro atoms. The first-order valence-corrected chi connectivity index (χ1v) is 10.7. The molecular weight excluding hydrogens is 462 g/mol. The smallest absolute Gasteiger partial charge is 0.319 e. The highest BCUT2D eigenvalue weighted by Gasteiger charge is 2.16. The van der Waals surface area contributed by atoms with Crippen LogP contribution in [0.5, 0.6) is 0 Å². The van der Waals surface area contributed by atoms with Gasteiger partial charge in [0.1, 0.15) is 0 Å². The van der Waals surface area contributed by atoms with Crippen molar-refractivity contribution in [2.45, 2.75) is 18.9 Å². The van der Waals surface area contributed by atoms with Crippen molar-refractivity contribution in [3.05, 3.63) is 71.0 Å². The zero-order valence-electron chi connectivity index (χ0n) is 16.7. The number of ether oxygens (including phenoxy) is 1. The van der Waals surface area contributed by atoms with Gasteiger partial charge in [-0.25, -0.2) is 9.48 Å². The van der Waals surface area contributed by atoms with Crippen LogP contribution in [0.4, 0.5) is 16.2 Å². The first-order valence-electron chi connectivity index (χ1n) is 9.95. The zero-order chi connectivity index (χ0) is 21.6. The standard InChI is InChI=1S/C22H22BrN5O3/c23-16-12-25-28(14-16)19-9-3-15(4-10-19)21(29)26-17-5-7-18(8-6-17)27-22(30)24-13-20-2-1-11-31-20/h3-10,12,14,20H,1-2,11,13H2,(H,26,29)(H2,24,27,30). The summed E-state index contributed by atoms with van der Waals surface area (Å²) in [6, 6.07) is 13.8. The van der Waals surface area contributed by atoms with Gasteiger partial charge in [0.2, 0.25) is 0 Å². The molecule has 31 heavy (non-hydrogen) atoms. The fourth-order valence-electron chi connectivity index (χ4n) is 3.23. The second-order valence-corrected chi connectivity index (χ2v) is 8.07. The Morgan fingerprint density at radius 3 is 2.39 bits per heavy atom. The summed E-state index contributed by atoms with van der Waals surface area (Å²) >= 11 is 3.36. The summed E-state index contributed by atoms with van der Waals surface area (Å²) in [5.41, 5.74) is 2.66. The third-order valence-corrected chi connectivity index (χ3v) is 5.27. The second kappa shape index (κ2) is 9.76. The van der Waals surface area contributed by atoms with Crippen LogP contribution in [0, 0.1) is 0 Å². The van der Waals surface area contributed by atoms with E-state index in [4.69, 9.17) is 4.74 Å². The largest absolute Gasteiger partial charge is 0.376 e. The van der Waals surface area contributed by atoms with Crippen LogP contribution in [0.15, 0.2) is 65.4 Å². The monoisotopic (exact) mass is 483 g/mol. The summed E-state index contributed by atoms with van der Waals surface area (Å²) in [6.45, 7) is 1.25. The summed E-state index contributed by atoms with van der Waals surface area (Å²) in [7, 11) is 0. The topological polar surface area (TPSA) is 97.3 Å². The minimum absolute atomic E-state index is 0.0961. The molecule has 3 N–H and O–H groups in total. The lowest BCUT2D eigenvalue weighted by molar-refractivity contribution is 0.102. The lowest BCUT2D eigenvalue weighted by atomic mass is 10.2. The molecule has 9 heteroatoms. The summed E-state index contributed by atoms with van der Waals surface area (Å²) in [5, 5.41) is 12.6. The fourth-order valence-corrected chi connectivity index (χ4v) is 3.52. The average molecular weight is 484 g/mol. The number of rotatable bonds is 6. The van der Waals surface area contributed by atoms with Crippen molar-refractivity contribution >= 4 is 39.2 Å². The number of carbonyl (C=O) groups is 2. The van der Waals surface area contributed by atoms with Crippen molar-refractivity contribution in [2.24, 2.45) is 0 Å². The van der Waals surface area contributed by atoms with Crippen LogP contribution in [0.2, 0.25) is 0 Å². The number of anilines is 2. The molecule has 1 aliphatic heterocycles. The highest BCUT2D eigenvalue weighted by molar-refractivity contribution is 9.10. The van der Waals surface area contributed by atoms with Gasteiger partial charge in [-0.05, 0) is 77.3 Å². The third kappa shape index (κ3) is 5.71. The van der Waals surface area contributed by atoms with E-state index in [1.165, 1.54) is 0 Å². The molecule has 2 heterocycles. The third-order valence-electron chi connectivity index (χ3n) is 4.86. The molecule has 160 valence electrons. The maximum absolute atomic E-state index is 12.5. The van der Waals surface area contributed by atoms with E-state index >= 15 is 0 Å². The molecule has 4 rings (SSSR count). The molecule has 0 saturated carbocycles. The minimum Gasteiger partial charge on any atom is -0.376 e. The molecule has 1 unspecified atom stereocenters. The number of halogens is 1. The van der Waals surface area contributed by atoms with Crippen molar-refractivity contribution in [3.63, 3.8) is 0 Å². The van der Waals surface area contributed by atoms with Crippen LogP contribution in [-0.4, -0.2) is 41.0 Å². The maximum Gasteiger partial charge on any atom is 0.319 e. The number of amides is 3. The Kier molecular flexibility index (Phi) is 6.63. The van der Waals surface area contributed by atoms with Gasteiger partial charge in [0.05, 0.1) is 22.5 Å². The van der Waals surface area contributed by atoms with Gasteiger partial charge in [0, 0.05) is 36.3 Å². The van der Waals surface area contributed by atoms with Gasteiger partial charge in [0.15, 0.2) is 0 Å². The van der Waals surface area contributed by atoms with Crippen LogP contribution < -0.4 is 16.0 Å². The predicted molar refractivity (Wildman–Crippen MR) is 122 cm³/mol. The van der Waals surface area contributed by atoms with E-state index in [1.807, 2.05) is 18.3 Å². The van der Waals surface area contributed by atoms with Crippen LogP contribution in [0.1, 0.15) is 23.2 Å². The minimum atomic E-state index is -0.281. The normalized spacial score (nSPS) is 15.5. The molecular formula is C22H22BrN5O3. The van der Waals surface area contributed by atoms with Crippen molar-refractivity contribution in [1.29, 1.82) is 0 Å². The lowest BCUT2D eigenvalue weighted by Crippen LogP contribution is -2.35. The summed E-state index contributed by atoms with van der Waals surface area (Å²) in [6.07, 6.45) is 5.64. The Morgan fingerprint density at radius 1 is 1.06 bits per heavy atom. The maximum atomic E-state index is 12.5. The number of hydrogen-bond donors (Lipinski definition) is 3. The molecule has 3 amide bonds. The van der Waals surface area contributed by atoms with Crippen molar-refractivity contribution < 1.29 is 14.3 Å². The van der Waals surface area contributed by atoms with E-state index in [0.29, 0.717) is 23.5 Å². The molecule has 1 fully saturated rings. The SMILES string of the molecule is O=C(NCC1CCCO1)Nc1ccc(NC(=O)c2ccc(-n3cc(Br)cn3)cc2)cc1. The summed E-state index contributed by atoms with van der Waals surface area (Å²) in [5.74, 6) is -0.219. The van der Waals surface area contributed by atoms with Crippen LogP contribution >= 0.6 is 15.9 Å². The van der Waals surface area contributed by atoms with Gasteiger partial charge in [-0.1, -0.05) is 0 Å². The molecule has 1 aromatic heterocycles. The van der Waals surface area contributed by atoms with Gasteiger partial charge in [0.25, 0.3) is 5.91 Å². The van der Waals surface area contributed by atoms with Crippen molar-refractivity contribution in [1.82, 2.24) is 15.1 Å². The molecule has 2 aromatic carbocycles. The van der Waals surface area contributed by atoms with E-state index < -0.39 is 0 Å². The number of nitrogens with one attached hydrogen (secondary N) is 3. The number of nitrogens with zero attached hydrogens (tertiary/aromatic N) is 2. The highest BCUT2D eigenvalue weighted by atomic mass is 79.9. The van der Waals surface area contributed by atoms with E-state index in [2.05, 4.69) is 37.0 Å². The van der Waals surface area contributed by atoms with E-state index in [1.54, 1.807) is 47.3 Å². The molecule has 3 aromatic rings. The molecule has 1 atom stereocenters. The Bertz CT molecular complexity index is 1040. The van der Waals surface area contributed by atoms with Crippen molar-refractivity contribution in [3.8, 4) is 5.69 Å². The van der Waals surface area contributed by atoms with Crippen LogP contribution in [-0.2, 0) is 4.74 Å². The quantitative estimate of drug-likeness (QED) is 0.489. The summed E-state index contributed by atoms with van der Waals surface area (Å²) in [4.78, 5) is 24.5. The van der Waals surface area contributed by atoms with E-state index in [0.717, 1.165) is 29.6 Å². The van der Waals surface area contributed by atoms with Crippen LogP contribution in [0.25, 0.3) is 5.69 Å². The van der Waals surface area contributed by atoms with E-state index in [-0.39, 0.29) is 18.0 Å². The molecule has 1 aliphatic rings. The van der Waals surface area contributed by atoms with Gasteiger partial charge in [-0.15, -0.1) is 0 Å². The number of urea groups is 1.